The van der Waals surface area contributed by atoms with Gasteiger partial charge < -0.3 is 62.5 Å². The van der Waals surface area contributed by atoms with Gasteiger partial charge in [0, 0.05) is 99.6 Å². The van der Waals surface area contributed by atoms with Gasteiger partial charge in [0.15, 0.2) is 6.19 Å². The summed E-state index contributed by atoms with van der Waals surface area (Å²) in [6, 6.07) is 47.6. The molecule has 3 aliphatic heterocycles. The summed E-state index contributed by atoms with van der Waals surface area (Å²) in [6.45, 7) is 97.2. The third-order valence-electron chi connectivity index (χ3n) is 14.6. The molecule has 0 aliphatic carbocycles. The molecule has 0 aromatic heterocycles. The van der Waals surface area contributed by atoms with E-state index in [1.807, 2.05) is 19.8 Å². The third-order valence-corrected chi connectivity index (χ3v) is 14.6. The Bertz CT molecular complexity index is 3060. The zero-order chi connectivity index (χ0) is 85.1. The first kappa shape index (κ1) is 117. The van der Waals surface area contributed by atoms with E-state index in [0.717, 1.165) is 73.1 Å². The van der Waals surface area contributed by atoms with E-state index in [9.17, 15) is 0 Å². The topological polar surface area (TPSA) is 130 Å². The number of nitrogens with one attached hydrogen (secondary N) is 1. The average molecular weight is 1680 g/mol. The van der Waals surface area contributed by atoms with Gasteiger partial charge in [0.1, 0.15) is 5.84 Å². The number of para-hydroxylation sites is 4. The van der Waals surface area contributed by atoms with Crippen molar-refractivity contribution in [2.24, 2.45) is 10.7 Å². The van der Waals surface area contributed by atoms with Crippen LogP contribution in [-0.2, 0) is 65.9 Å². The number of nitrogens with two attached hydrogens (primary N) is 1. The maximum absolute atomic E-state index is 7.10. The summed E-state index contributed by atoms with van der Waals surface area (Å²) in [7, 11) is -3.07. The molecular formula is C96H162N6O3Sc2Si5-9. The van der Waals surface area contributed by atoms with Crippen molar-refractivity contribution in [3.63, 3.8) is 0 Å². The number of amidine groups is 1. The van der Waals surface area contributed by atoms with Crippen LogP contribution >= 0.6 is 0 Å². The Morgan fingerprint density at radius 1 is 0.429 bits per heavy atom. The van der Waals surface area contributed by atoms with E-state index in [0.29, 0.717) is 47.3 Å². The van der Waals surface area contributed by atoms with Gasteiger partial charge in [-0.3, -0.25) is 0 Å². The van der Waals surface area contributed by atoms with E-state index in [-0.39, 0.29) is 66.6 Å². The number of rotatable bonds is 16. The second-order valence-corrected chi connectivity index (χ2v) is 60.6. The summed E-state index contributed by atoms with van der Waals surface area (Å²) in [6.07, 6.45) is 8.08. The molecule has 3 N–H and O–H groups in total. The molecule has 3 fully saturated rings. The van der Waals surface area contributed by atoms with Crippen molar-refractivity contribution in [3.8, 4) is 6.19 Å². The van der Waals surface area contributed by atoms with Crippen LogP contribution < -0.4 is 11.1 Å². The molecule has 0 unspecified atom stereocenters. The number of hydrogen-bond acceptors (Lipinski definition) is 6. The van der Waals surface area contributed by atoms with Crippen molar-refractivity contribution >= 4 is 69.7 Å². The fourth-order valence-electron chi connectivity index (χ4n) is 9.95. The second-order valence-electron chi connectivity index (χ2n) is 36.2. The van der Waals surface area contributed by atoms with E-state index < -0.39 is 32.3 Å². The Hall–Kier alpha value is -3.62. The maximum atomic E-state index is 7.10. The van der Waals surface area contributed by atoms with Gasteiger partial charge in [-0.2, -0.15) is 37.6 Å². The van der Waals surface area contributed by atoms with Gasteiger partial charge in [-0.25, -0.2) is 24.8 Å². The van der Waals surface area contributed by atoms with E-state index in [4.69, 9.17) is 35.1 Å². The minimum Gasteiger partial charge on any atom is -0.693 e. The standard InChI is InChI=1S/2C31H40N2.3C4H7O.C4H12Si.3C4H11Si.C3H9Si.C2H5.CH2N2.2Sc/c2*1-20(2)25-16-12-17-26(21(3)4)29(25)32-31(24-14-10-9-11-15-24)33-30-27(22(5)6)18-13-19-28(30)23(7)8;3*1-2-4-5-3-1;4*1-5(2,3)4;1-4(2)3;1-2;2-1-3;;/h9-23H,1-8H3,(H,32,33);9-23,31H,1-8H3;3*3H,1-2,4H2;1-4H3;3*1H2,2-4H3;1-3H3;1H2,2H3;2H2;;/q;-2;3*-1;;3*-1;;-1;;;. The van der Waals surface area contributed by atoms with Crippen molar-refractivity contribution < 1.29 is 65.9 Å². The molecule has 0 bridgehead atoms. The summed E-state index contributed by atoms with van der Waals surface area (Å²) in [4.78, 5) is 5.37. The molecule has 0 saturated carbocycles. The second kappa shape index (κ2) is 64.4. The fourth-order valence-corrected chi connectivity index (χ4v) is 9.95. The number of nitrogens with zero attached hydrogens (tertiary/aromatic N) is 4. The van der Waals surface area contributed by atoms with E-state index in [2.05, 4.69) is 387 Å². The van der Waals surface area contributed by atoms with Gasteiger partial charge in [0.05, 0.1) is 5.69 Å². The van der Waals surface area contributed by atoms with Crippen LogP contribution in [0.3, 0.4) is 0 Å². The molecule has 3 saturated heterocycles. The largest absolute Gasteiger partial charge is 0.693 e. The molecule has 629 valence electrons. The molecule has 16 heteroatoms. The Morgan fingerprint density at radius 3 is 0.857 bits per heavy atom. The molecule has 6 aromatic rings. The summed E-state index contributed by atoms with van der Waals surface area (Å²) in [5, 5.41) is 21.7. The van der Waals surface area contributed by atoms with Crippen LogP contribution in [-0.4, -0.2) is 66.7 Å². The molecule has 3 radical (unpaired) electrons. The number of aliphatic imine (C=N–C) groups is 1. The summed E-state index contributed by atoms with van der Waals surface area (Å²) in [5.41, 5.74) is 21.3. The van der Waals surface area contributed by atoms with E-state index in [1.165, 1.54) is 75.7 Å². The number of benzene rings is 6. The Kier molecular flexibility index (Phi) is 67.2. The van der Waals surface area contributed by atoms with Crippen molar-refractivity contribution in [1.82, 2.24) is 0 Å². The Balaban J connectivity index is -0.000000439. The molecule has 0 atom stereocenters. The quantitative estimate of drug-likeness (QED) is 0.0248. The normalized spacial score (nSPS) is 12.9. The minimum absolute atomic E-state index is 0. The van der Waals surface area contributed by atoms with Gasteiger partial charge in [-0.15, -0.1) is 35.6 Å². The molecule has 112 heavy (non-hydrogen) atoms. The Morgan fingerprint density at radius 2 is 0.652 bits per heavy atom. The van der Waals surface area contributed by atoms with Gasteiger partial charge in [0.2, 0.25) is 0 Å². The number of nitriles is 1. The number of ether oxygens (including phenoxy) is 3. The summed E-state index contributed by atoms with van der Waals surface area (Å²) in [5.74, 6) is 4.11. The number of hydrogen-bond donors (Lipinski definition) is 2. The number of anilines is 1. The zero-order valence-electron chi connectivity index (χ0n) is 77.6. The van der Waals surface area contributed by atoms with Crippen LogP contribution in [0.5, 0.6) is 0 Å². The van der Waals surface area contributed by atoms with Crippen LogP contribution in [0.2, 0.25) is 105 Å². The molecular weight excluding hydrogens is 1520 g/mol. The first-order valence-electron chi connectivity index (χ1n) is 40.9. The molecule has 3 heterocycles. The van der Waals surface area contributed by atoms with Gasteiger partial charge in [-0.05, 0) is 69.6 Å². The smallest absolute Gasteiger partial charge is 0.173 e. The van der Waals surface area contributed by atoms with Crippen LogP contribution in [0.25, 0.3) is 10.6 Å². The molecule has 0 spiro atoms. The summed E-state index contributed by atoms with van der Waals surface area (Å²) >= 11 is 0. The van der Waals surface area contributed by atoms with Crippen molar-refractivity contribution in [2.45, 2.75) is 314 Å². The van der Waals surface area contributed by atoms with Gasteiger partial charge in [0.25, 0.3) is 0 Å². The maximum Gasteiger partial charge on any atom is 0.173 e. The molecule has 3 aliphatic rings. The predicted molar refractivity (Wildman–Crippen MR) is 508 cm³/mol. The predicted octanol–water partition coefficient (Wildman–Crippen LogP) is 31.5. The van der Waals surface area contributed by atoms with Crippen LogP contribution in [0.15, 0.2) is 138 Å². The first-order valence-corrected chi connectivity index (χ1v) is 59.0. The van der Waals surface area contributed by atoms with Crippen LogP contribution in [0.1, 0.15) is 265 Å². The first-order chi connectivity index (χ1) is 51.0. The van der Waals surface area contributed by atoms with Crippen LogP contribution in [0, 0.1) is 57.8 Å². The van der Waals surface area contributed by atoms with Crippen LogP contribution in [0.4, 0.5) is 22.7 Å². The third kappa shape index (κ3) is 60.8. The Labute approximate surface area is 737 Å². The molecule has 9 rings (SSSR count). The van der Waals surface area contributed by atoms with E-state index >= 15 is 0 Å². The average Bonchev–Trinajstić information content (AvgIpc) is 0.925. The SMILES string of the molecule is CC(C)c1cccc(C(C)C)c1N=C(Nc1c(C(C)C)cccc1C(C)C)c1ccccc1.CC(C)c1cccc(C(C)C)c1[N-]C([N-]c1c(C(C)C)cccc1C(C)C)c1ccccc1.C[Si](C)(C)C.C[Si](C)C.N#CN.[CH-]1CCCO1.[CH-]1CCCO1.[CH-]1CCCO1.[CH2-]C.[CH2-][Si](C)(C)C.[CH2-][Si](C)(C)C.[CH2-][Si](C)(C)C.[Sc].[Sc]. The van der Waals surface area contributed by atoms with E-state index in [1.54, 1.807) is 6.92 Å². The zero-order valence-corrected chi connectivity index (χ0v) is 86.2. The minimum atomic E-state index is -0.861. The summed E-state index contributed by atoms with van der Waals surface area (Å²) < 4.78 is 14.5. The molecule has 6 aromatic carbocycles. The van der Waals surface area contributed by atoms with Crippen molar-refractivity contribution in [3.05, 3.63) is 246 Å². The van der Waals surface area contributed by atoms with Gasteiger partial charge >= 0.3 is 0 Å². The van der Waals surface area contributed by atoms with Crippen molar-refractivity contribution in [1.29, 1.82) is 5.26 Å². The monoisotopic (exact) mass is 1680 g/mol. The molecule has 9 nitrogen and oxygen atoms in total. The fraction of sp³-hybridized carbons (Fsp3) is 0.531. The molecule has 0 amide bonds. The van der Waals surface area contributed by atoms with Gasteiger partial charge in [-0.1, -0.05) is 396 Å². The van der Waals surface area contributed by atoms with Crippen molar-refractivity contribution in [2.75, 3.05) is 25.1 Å².